The highest BCUT2D eigenvalue weighted by molar-refractivity contribution is 7.18. The Morgan fingerprint density at radius 3 is 1.65 bits per heavy atom. The summed E-state index contributed by atoms with van der Waals surface area (Å²) in [6.07, 6.45) is 2.19. The summed E-state index contributed by atoms with van der Waals surface area (Å²) in [7, 11) is 0.499. The lowest BCUT2D eigenvalue weighted by molar-refractivity contribution is 0.0701. The lowest BCUT2D eigenvalue weighted by Crippen LogP contribution is -2.46. The molecule has 0 heterocycles. The van der Waals surface area contributed by atoms with Gasteiger partial charge in [0.25, 0.3) is 0 Å². The molecular weight excluding hydrogens is 251 g/mol. The zero-order chi connectivity index (χ0) is 13.4. The van der Waals surface area contributed by atoms with Crippen LogP contribution in [0.2, 0.25) is 6.04 Å². The van der Waals surface area contributed by atoms with Crippen LogP contribution in [0.25, 0.3) is 0 Å². The van der Waals surface area contributed by atoms with Gasteiger partial charge in [-0.3, -0.25) is 0 Å². The Labute approximate surface area is 110 Å². The van der Waals surface area contributed by atoms with Gasteiger partial charge in [0.15, 0.2) is 0 Å². The molecule has 0 aromatic carbocycles. The number of hydrogen-bond acceptors (Lipinski definition) is 3. The maximum absolute atomic E-state index is 5.84. The zero-order valence-corrected chi connectivity index (χ0v) is 14.2. The molecule has 104 valence electrons. The molecular formula is C12H29O3PSi. The van der Waals surface area contributed by atoms with Gasteiger partial charge in [0.2, 0.25) is 0 Å². The van der Waals surface area contributed by atoms with Crippen LogP contribution in [0.15, 0.2) is 0 Å². The third kappa shape index (κ3) is 6.87. The average molecular weight is 280 g/mol. The normalized spacial score (nSPS) is 15.9. The molecule has 0 aliphatic rings. The fourth-order valence-corrected chi connectivity index (χ4v) is 4.93. The summed E-state index contributed by atoms with van der Waals surface area (Å²) in [5, 5.41) is 0.254. The molecule has 0 rings (SSSR count). The molecule has 0 bridgehead atoms. The fraction of sp³-hybridized carbons (Fsp3) is 1.00. The predicted molar refractivity (Wildman–Crippen MR) is 78.5 cm³/mol. The van der Waals surface area contributed by atoms with Gasteiger partial charge in [0, 0.05) is 25.9 Å². The van der Waals surface area contributed by atoms with Crippen molar-refractivity contribution in [1.82, 2.24) is 0 Å². The highest BCUT2D eigenvalue weighted by Crippen LogP contribution is 2.31. The summed E-state index contributed by atoms with van der Waals surface area (Å²) in [6.45, 7) is 12.4. The Balaban J connectivity index is 4.53. The highest BCUT2D eigenvalue weighted by Gasteiger charge is 2.41. The SMILES string of the molecule is CCO[Si](CC[C@@](C)(P)CC)(OCC)OCC. The van der Waals surface area contributed by atoms with Crippen molar-refractivity contribution in [3.05, 3.63) is 0 Å². The van der Waals surface area contributed by atoms with Crippen molar-refractivity contribution in [2.45, 2.75) is 58.7 Å². The van der Waals surface area contributed by atoms with Crippen molar-refractivity contribution in [3.63, 3.8) is 0 Å². The van der Waals surface area contributed by atoms with Crippen LogP contribution in [0.4, 0.5) is 0 Å². The molecule has 0 aliphatic carbocycles. The van der Waals surface area contributed by atoms with Gasteiger partial charge in [-0.1, -0.05) is 13.8 Å². The van der Waals surface area contributed by atoms with Crippen LogP contribution >= 0.6 is 9.24 Å². The molecule has 0 spiro atoms. The topological polar surface area (TPSA) is 27.7 Å². The molecule has 0 aliphatic heterocycles. The largest absolute Gasteiger partial charge is 0.500 e. The molecule has 17 heavy (non-hydrogen) atoms. The van der Waals surface area contributed by atoms with Gasteiger partial charge in [-0.05, 0) is 38.8 Å². The van der Waals surface area contributed by atoms with Crippen molar-refractivity contribution in [1.29, 1.82) is 0 Å². The van der Waals surface area contributed by atoms with Crippen LogP contribution in [-0.2, 0) is 13.3 Å². The molecule has 0 saturated carbocycles. The number of rotatable bonds is 10. The van der Waals surface area contributed by atoms with Crippen molar-refractivity contribution in [2.24, 2.45) is 0 Å². The summed E-state index contributed by atoms with van der Waals surface area (Å²) in [6, 6.07) is 0.899. The van der Waals surface area contributed by atoms with Gasteiger partial charge in [-0.15, -0.1) is 9.24 Å². The molecule has 5 heteroatoms. The van der Waals surface area contributed by atoms with Crippen LogP contribution in [0.3, 0.4) is 0 Å². The molecule has 0 N–H and O–H groups in total. The van der Waals surface area contributed by atoms with E-state index in [1.807, 2.05) is 20.8 Å². The minimum atomic E-state index is -2.43. The van der Waals surface area contributed by atoms with E-state index in [4.69, 9.17) is 13.3 Å². The standard InChI is InChI=1S/C12H29O3PSi/c1-6-12(5,16)10-11-17(13-7-2,14-8-3)15-9-4/h6-11,16H2,1-5H3/t12-/m0/s1. The van der Waals surface area contributed by atoms with E-state index in [1.165, 1.54) is 0 Å². The number of hydrogen-bond donors (Lipinski definition) is 0. The predicted octanol–water partition coefficient (Wildman–Crippen LogP) is 3.47. The van der Waals surface area contributed by atoms with Crippen LogP contribution in [0, 0.1) is 0 Å². The van der Waals surface area contributed by atoms with Crippen molar-refractivity contribution >= 4 is 18.0 Å². The third-order valence-electron chi connectivity index (χ3n) is 2.90. The van der Waals surface area contributed by atoms with Crippen LogP contribution < -0.4 is 0 Å². The quantitative estimate of drug-likeness (QED) is 0.453. The Kier molecular flexibility index (Phi) is 8.86. The first-order chi connectivity index (χ1) is 7.95. The molecule has 0 aromatic heterocycles. The van der Waals surface area contributed by atoms with E-state index in [2.05, 4.69) is 23.1 Å². The summed E-state index contributed by atoms with van der Waals surface area (Å²) in [5.41, 5.74) is 0. The zero-order valence-electron chi connectivity index (χ0n) is 12.0. The lowest BCUT2D eigenvalue weighted by atomic mass is 10.1. The van der Waals surface area contributed by atoms with E-state index in [-0.39, 0.29) is 5.16 Å². The van der Waals surface area contributed by atoms with Gasteiger partial charge in [0.1, 0.15) is 0 Å². The average Bonchev–Trinajstić information content (AvgIpc) is 2.28. The molecule has 0 fully saturated rings. The van der Waals surface area contributed by atoms with Crippen molar-refractivity contribution < 1.29 is 13.3 Å². The molecule has 2 atom stereocenters. The Hall–Kier alpha value is 0.527. The Morgan fingerprint density at radius 1 is 0.941 bits per heavy atom. The van der Waals surface area contributed by atoms with E-state index in [0.29, 0.717) is 19.8 Å². The Bertz CT molecular complexity index is 183. The minimum absolute atomic E-state index is 0.254. The minimum Gasteiger partial charge on any atom is -0.374 e. The molecule has 0 saturated heterocycles. The van der Waals surface area contributed by atoms with Crippen LogP contribution in [0.1, 0.15) is 47.5 Å². The van der Waals surface area contributed by atoms with E-state index in [0.717, 1.165) is 18.9 Å². The van der Waals surface area contributed by atoms with Crippen molar-refractivity contribution in [2.75, 3.05) is 19.8 Å². The van der Waals surface area contributed by atoms with Crippen LogP contribution in [0.5, 0.6) is 0 Å². The molecule has 0 radical (unpaired) electrons. The Morgan fingerprint density at radius 2 is 1.35 bits per heavy atom. The lowest BCUT2D eigenvalue weighted by Gasteiger charge is -2.31. The summed E-state index contributed by atoms with van der Waals surface area (Å²) in [5.74, 6) is 0. The molecule has 0 amide bonds. The fourth-order valence-electron chi connectivity index (χ4n) is 1.62. The highest BCUT2D eigenvalue weighted by atomic mass is 31.0. The molecule has 0 aromatic rings. The van der Waals surface area contributed by atoms with E-state index >= 15 is 0 Å². The van der Waals surface area contributed by atoms with E-state index < -0.39 is 8.80 Å². The molecule has 1 unspecified atom stereocenters. The smallest absolute Gasteiger partial charge is 0.374 e. The summed E-state index contributed by atoms with van der Waals surface area (Å²) in [4.78, 5) is 0. The van der Waals surface area contributed by atoms with Crippen LogP contribution in [-0.4, -0.2) is 33.8 Å². The monoisotopic (exact) mass is 280 g/mol. The second kappa shape index (κ2) is 8.60. The van der Waals surface area contributed by atoms with Gasteiger partial charge >= 0.3 is 8.80 Å². The maximum atomic E-state index is 5.84. The second-order valence-electron chi connectivity index (χ2n) is 4.49. The van der Waals surface area contributed by atoms with Gasteiger partial charge in [-0.2, -0.15) is 0 Å². The third-order valence-corrected chi connectivity index (χ3v) is 6.65. The first-order valence-electron chi connectivity index (χ1n) is 6.66. The van der Waals surface area contributed by atoms with Gasteiger partial charge < -0.3 is 13.3 Å². The second-order valence-corrected chi connectivity index (χ2v) is 8.62. The summed E-state index contributed by atoms with van der Waals surface area (Å²) < 4.78 is 17.5. The molecule has 3 nitrogen and oxygen atoms in total. The summed E-state index contributed by atoms with van der Waals surface area (Å²) >= 11 is 0. The van der Waals surface area contributed by atoms with Gasteiger partial charge in [-0.25, -0.2) is 0 Å². The first-order valence-corrected chi connectivity index (χ1v) is 9.17. The first kappa shape index (κ1) is 17.5. The van der Waals surface area contributed by atoms with E-state index in [1.54, 1.807) is 0 Å². The maximum Gasteiger partial charge on any atom is 0.500 e. The van der Waals surface area contributed by atoms with Gasteiger partial charge in [0.05, 0.1) is 0 Å². The van der Waals surface area contributed by atoms with E-state index in [9.17, 15) is 0 Å². The van der Waals surface area contributed by atoms with Crippen molar-refractivity contribution in [3.8, 4) is 0 Å².